The molecule has 5 heteroatoms. The molecule has 0 aromatic carbocycles. The Labute approximate surface area is 75.9 Å². The van der Waals surface area contributed by atoms with E-state index in [0.717, 1.165) is 0 Å². The fraction of sp³-hybridized carbons (Fsp3) is 0.500. The first kappa shape index (κ1) is 9.39. The van der Waals surface area contributed by atoms with Crippen LogP contribution in [0.5, 0.6) is 0 Å². The first-order valence-electron chi connectivity index (χ1n) is 3.90. The second-order valence-electron chi connectivity index (χ2n) is 2.42. The molecule has 1 amide bonds. The van der Waals surface area contributed by atoms with Gasteiger partial charge in [0.25, 0.3) is 0 Å². The number of nitriles is 1. The van der Waals surface area contributed by atoms with Gasteiger partial charge in [-0.05, 0) is 0 Å². The zero-order chi connectivity index (χ0) is 9.52. The number of hydrogen-bond acceptors (Lipinski definition) is 4. The van der Waals surface area contributed by atoms with E-state index in [0.29, 0.717) is 19.0 Å². The van der Waals surface area contributed by atoms with E-state index in [9.17, 15) is 4.79 Å². The molecule has 1 aliphatic heterocycles. The SMILES string of the molecule is N#CCC(=O)NCC1=COCCO1. The molecule has 5 nitrogen and oxygen atoms in total. The predicted octanol–water partition coefficient (Wildman–Crippen LogP) is -0.0955. The van der Waals surface area contributed by atoms with Crippen LogP contribution < -0.4 is 5.32 Å². The van der Waals surface area contributed by atoms with Gasteiger partial charge in [-0.15, -0.1) is 0 Å². The zero-order valence-corrected chi connectivity index (χ0v) is 7.08. The van der Waals surface area contributed by atoms with E-state index in [4.69, 9.17) is 14.7 Å². The van der Waals surface area contributed by atoms with Crippen LogP contribution in [0.4, 0.5) is 0 Å². The fourth-order valence-corrected chi connectivity index (χ4v) is 0.819. The molecule has 0 unspecified atom stereocenters. The quantitative estimate of drug-likeness (QED) is 0.661. The topological polar surface area (TPSA) is 71.4 Å². The largest absolute Gasteiger partial charge is 0.494 e. The Bertz CT molecular complexity index is 255. The summed E-state index contributed by atoms with van der Waals surface area (Å²) in [7, 11) is 0. The molecule has 0 aromatic heterocycles. The van der Waals surface area contributed by atoms with Crippen LogP contribution in [-0.4, -0.2) is 25.7 Å². The molecule has 0 spiro atoms. The molecule has 70 valence electrons. The lowest BCUT2D eigenvalue weighted by molar-refractivity contribution is -0.120. The lowest BCUT2D eigenvalue weighted by atomic mass is 10.4. The van der Waals surface area contributed by atoms with Crippen LogP contribution in [0.15, 0.2) is 12.0 Å². The third-order valence-electron chi connectivity index (χ3n) is 1.40. The number of amides is 1. The van der Waals surface area contributed by atoms with Crippen molar-refractivity contribution in [2.75, 3.05) is 19.8 Å². The van der Waals surface area contributed by atoms with Crippen molar-refractivity contribution in [3.63, 3.8) is 0 Å². The van der Waals surface area contributed by atoms with Crippen LogP contribution in [0.2, 0.25) is 0 Å². The Hall–Kier alpha value is -1.70. The Morgan fingerprint density at radius 1 is 1.69 bits per heavy atom. The van der Waals surface area contributed by atoms with Crippen molar-refractivity contribution in [3.05, 3.63) is 12.0 Å². The highest BCUT2D eigenvalue weighted by molar-refractivity contribution is 5.78. The van der Waals surface area contributed by atoms with Gasteiger partial charge < -0.3 is 14.8 Å². The molecule has 1 aliphatic rings. The van der Waals surface area contributed by atoms with Crippen molar-refractivity contribution in [3.8, 4) is 6.07 Å². The molecular weight excluding hydrogens is 172 g/mol. The van der Waals surface area contributed by atoms with Gasteiger partial charge in [0.15, 0.2) is 0 Å². The monoisotopic (exact) mass is 182 g/mol. The summed E-state index contributed by atoms with van der Waals surface area (Å²) in [6.07, 6.45) is 1.34. The van der Waals surface area contributed by atoms with E-state index in [1.807, 2.05) is 0 Å². The molecule has 0 atom stereocenters. The van der Waals surface area contributed by atoms with E-state index in [2.05, 4.69) is 5.32 Å². The van der Waals surface area contributed by atoms with Crippen molar-refractivity contribution in [2.45, 2.75) is 6.42 Å². The second-order valence-corrected chi connectivity index (χ2v) is 2.42. The normalized spacial score (nSPS) is 14.5. The zero-order valence-electron chi connectivity index (χ0n) is 7.08. The molecular formula is C8H10N2O3. The maximum Gasteiger partial charge on any atom is 0.234 e. The summed E-state index contributed by atoms with van der Waals surface area (Å²) >= 11 is 0. The Balaban J connectivity index is 2.22. The summed E-state index contributed by atoms with van der Waals surface area (Å²) in [5.41, 5.74) is 0. The lowest BCUT2D eigenvalue weighted by Crippen LogP contribution is -2.27. The van der Waals surface area contributed by atoms with Crippen molar-refractivity contribution >= 4 is 5.91 Å². The molecule has 1 N–H and O–H groups in total. The van der Waals surface area contributed by atoms with Gasteiger partial charge in [0.2, 0.25) is 5.91 Å². The Morgan fingerprint density at radius 2 is 2.54 bits per heavy atom. The van der Waals surface area contributed by atoms with Crippen molar-refractivity contribution in [1.29, 1.82) is 5.26 Å². The van der Waals surface area contributed by atoms with E-state index >= 15 is 0 Å². The molecule has 0 aliphatic carbocycles. The minimum atomic E-state index is -0.308. The minimum absolute atomic E-state index is 0.131. The number of nitrogens with zero attached hydrogens (tertiary/aromatic N) is 1. The summed E-state index contributed by atoms with van der Waals surface area (Å²) < 4.78 is 10.1. The molecule has 0 bridgehead atoms. The number of nitrogens with one attached hydrogen (secondary N) is 1. The van der Waals surface area contributed by atoms with E-state index < -0.39 is 0 Å². The van der Waals surface area contributed by atoms with Gasteiger partial charge in [-0.2, -0.15) is 5.26 Å². The number of rotatable bonds is 3. The number of carbonyl (C=O) groups is 1. The maximum atomic E-state index is 10.8. The lowest BCUT2D eigenvalue weighted by Gasteiger charge is -2.15. The third kappa shape index (κ3) is 3.47. The smallest absolute Gasteiger partial charge is 0.234 e. The van der Waals surface area contributed by atoms with Gasteiger partial charge in [0.1, 0.15) is 31.7 Å². The van der Waals surface area contributed by atoms with Gasteiger partial charge in [-0.3, -0.25) is 4.79 Å². The van der Waals surface area contributed by atoms with Crippen molar-refractivity contribution < 1.29 is 14.3 Å². The summed E-state index contributed by atoms with van der Waals surface area (Å²) in [5.74, 6) is 0.273. The summed E-state index contributed by atoms with van der Waals surface area (Å²) in [6, 6.07) is 1.75. The third-order valence-corrected chi connectivity index (χ3v) is 1.40. The number of carbonyl (C=O) groups excluding carboxylic acids is 1. The molecule has 0 fully saturated rings. The molecule has 13 heavy (non-hydrogen) atoms. The standard InChI is InChI=1S/C8H10N2O3/c9-2-1-8(11)10-5-7-6-12-3-4-13-7/h6H,1,3-5H2,(H,10,11). The van der Waals surface area contributed by atoms with E-state index in [1.165, 1.54) is 6.26 Å². The highest BCUT2D eigenvalue weighted by Crippen LogP contribution is 2.01. The van der Waals surface area contributed by atoms with E-state index in [-0.39, 0.29) is 18.9 Å². The summed E-state index contributed by atoms with van der Waals surface area (Å²) in [4.78, 5) is 10.8. The minimum Gasteiger partial charge on any atom is -0.494 e. The van der Waals surface area contributed by atoms with Gasteiger partial charge >= 0.3 is 0 Å². The second kappa shape index (κ2) is 5.04. The van der Waals surface area contributed by atoms with Crippen LogP contribution >= 0.6 is 0 Å². The van der Waals surface area contributed by atoms with Gasteiger partial charge in [-0.25, -0.2) is 0 Å². The molecule has 1 rings (SSSR count). The Morgan fingerprint density at radius 3 is 3.15 bits per heavy atom. The van der Waals surface area contributed by atoms with Crippen LogP contribution in [0.25, 0.3) is 0 Å². The molecule has 0 saturated carbocycles. The summed E-state index contributed by atoms with van der Waals surface area (Å²) in [5, 5.41) is 10.7. The highest BCUT2D eigenvalue weighted by atomic mass is 16.6. The Kier molecular flexibility index (Phi) is 3.64. The van der Waals surface area contributed by atoms with Gasteiger partial charge in [0, 0.05) is 0 Å². The first-order chi connectivity index (χ1) is 6.33. The maximum absolute atomic E-state index is 10.8. The highest BCUT2D eigenvalue weighted by Gasteiger charge is 2.06. The average Bonchev–Trinajstić information content (AvgIpc) is 2.17. The van der Waals surface area contributed by atoms with Crippen molar-refractivity contribution in [2.24, 2.45) is 0 Å². The van der Waals surface area contributed by atoms with Crippen LogP contribution in [0, 0.1) is 11.3 Å². The fourth-order valence-electron chi connectivity index (χ4n) is 0.819. The van der Waals surface area contributed by atoms with Gasteiger partial charge in [-0.1, -0.05) is 0 Å². The molecule has 0 aromatic rings. The molecule has 0 saturated heterocycles. The van der Waals surface area contributed by atoms with Crippen LogP contribution in [0.1, 0.15) is 6.42 Å². The average molecular weight is 182 g/mol. The van der Waals surface area contributed by atoms with Crippen LogP contribution in [0.3, 0.4) is 0 Å². The van der Waals surface area contributed by atoms with Crippen LogP contribution in [-0.2, 0) is 14.3 Å². The first-order valence-corrected chi connectivity index (χ1v) is 3.90. The summed E-state index contributed by atoms with van der Waals surface area (Å²) in [6.45, 7) is 1.32. The number of hydrogen-bond donors (Lipinski definition) is 1. The predicted molar refractivity (Wildman–Crippen MR) is 43.2 cm³/mol. The van der Waals surface area contributed by atoms with Crippen molar-refractivity contribution in [1.82, 2.24) is 5.32 Å². The number of ether oxygens (including phenoxy) is 2. The molecule has 1 heterocycles. The van der Waals surface area contributed by atoms with E-state index in [1.54, 1.807) is 6.07 Å². The molecule has 0 radical (unpaired) electrons. The van der Waals surface area contributed by atoms with Gasteiger partial charge in [0.05, 0.1) is 12.6 Å².